The van der Waals surface area contributed by atoms with E-state index in [1.807, 2.05) is 0 Å². The molecule has 0 fully saturated rings. The van der Waals surface area contributed by atoms with Crippen molar-refractivity contribution < 1.29 is 17.6 Å². The molecule has 0 bridgehead atoms. The van der Waals surface area contributed by atoms with Gasteiger partial charge in [0.15, 0.2) is 0 Å². The summed E-state index contributed by atoms with van der Waals surface area (Å²) in [6.45, 7) is 4.14. The van der Waals surface area contributed by atoms with Crippen molar-refractivity contribution in [2.24, 2.45) is 5.92 Å². The number of benzene rings is 1. The number of aryl methyl sites for hydroxylation is 1. The summed E-state index contributed by atoms with van der Waals surface area (Å²) in [7, 11) is 0. The maximum atomic E-state index is 13.1. The van der Waals surface area contributed by atoms with Gasteiger partial charge in [0.05, 0.1) is 5.56 Å². The lowest BCUT2D eigenvalue weighted by atomic mass is 9.96. The van der Waals surface area contributed by atoms with Crippen LogP contribution in [0.15, 0.2) is 27.4 Å². The second-order valence-electron chi connectivity index (χ2n) is 5.58. The van der Waals surface area contributed by atoms with Gasteiger partial charge in [0.2, 0.25) is 0 Å². The van der Waals surface area contributed by atoms with Crippen molar-refractivity contribution in [2.45, 2.75) is 39.3 Å². The van der Waals surface area contributed by atoms with Crippen LogP contribution in [0, 0.1) is 5.92 Å². The molecule has 1 atom stereocenters. The Bertz CT molecular complexity index is 734. The van der Waals surface area contributed by atoms with E-state index in [9.17, 15) is 18.0 Å². The number of nitrogens with two attached hydrogens (primary N) is 1. The Kier molecular flexibility index (Phi) is 4.49. The van der Waals surface area contributed by atoms with Gasteiger partial charge in [0.25, 0.3) is 0 Å². The highest BCUT2D eigenvalue weighted by Gasteiger charge is 2.34. The first-order valence-corrected chi connectivity index (χ1v) is 7.15. The van der Waals surface area contributed by atoms with Crippen molar-refractivity contribution in [1.82, 2.24) is 0 Å². The van der Waals surface area contributed by atoms with Crippen molar-refractivity contribution in [3.05, 3.63) is 39.7 Å². The number of rotatable bonds is 4. The van der Waals surface area contributed by atoms with Gasteiger partial charge in [-0.15, -0.1) is 0 Å². The predicted molar refractivity (Wildman–Crippen MR) is 79.7 cm³/mol. The standard InChI is InChI=1S/C16H18F3NO2/c1-3-9(2)4-5-10-6-11-12(16(17,18)19)7-15(21)22-14(11)8-13(10)20/h6-9H,3-5,20H2,1-2H3. The third-order valence-corrected chi connectivity index (χ3v) is 3.91. The van der Waals surface area contributed by atoms with Crippen LogP contribution in [0.2, 0.25) is 0 Å². The van der Waals surface area contributed by atoms with E-state index < -0.39 is 17.4 Å². The fourth-order valence-corrected chi connectivity index (χ4v) is 2.33. The van der Waals surface area contributed by atoms with Crippen LogP contribution in [0.3, 0.4) is 0 Å². The molecule has 0 aliphatic carbocycles. The maximum Gasteiger partial charge on any atom is 0.417 e. The summed E-state index contributed by atoms with van der Waals surface area (Å²) in [5, 5.41) is -0.125. The van der Waals surface area contributed by atoms with E-state index in [-0.39, 0.29) is 11.0 Å². The molecule has 1 aromatic heterocycles. The van der Waals surface area contributed by atoms with E-state index in [0.717, 1.165) is 12.8 Å². The molecular weight excluding hydrogens is 295 g/mol. The van der Waals surface area contributed by atoms with Gasteiger partial charge in [0, 0.05) is 23.2 Å². The molecule has 0 aliphatic rings. The van der Waals surface area contributed by atoms with Gasteiger partial charge in [-0.3, -0.25) is 0 Å². The van der Waals surface area contributed by atoms with Crippen LogP contribution in [0.1, 0.15) is 37.8 Å². The molecule has 2 rings (SSSR count). The number of fused-ring (bicyclic) bond motifs is 1. The minimum absolute atomic E-state index is 0.125. The first kappa shape index (κ1) is 16.4. The topological polar surface area (TPSA) is 56.2 Å². The number of alkyl halides is 3. The summed E-state index contributed by atoms with van der Waals surface area (Å²) in [6, 6.07) is 3.17. The fourth-order valence-electron chi connectivity index (χ4n) is 2.33. The number of halogens is 3. The van der Waals surface area contributed by atoms with Crippen LogP contribution in [-0.4, -0.2) is 0 Å². The Morgan fingerprint density at radius 1 is 1.27 bits per heavy atom. The van der Waals surface area contributed by atoms with Crippen molar-refractivity contribution in [3.63, 3.8) is 0 Å². The molecule has 1 heterocycles. The van der Waals surface area contributed by atoms with E-state index in [0.29, 0.717) is 29.7 Å². The molecule has 2 aromatic rings. The highest BCUT2D eigenvalue weighted by Crippen LogP contribution is 2.35. The van der Waals surface area contributed by atoms with Gasteiger partial charge in [-0.2, -0.15) is 13.2 Å². The molecular formula is C16H18F3NO2. The summed E-state index contributed by atoms with van der Waals surface area (Å²) in [4.78, 5) is 11.3. The van der Waals surface area contributed by atoms with Crippen LogP contribution in [-0.2, 0) is 12.6 Å². The molecule has 22 heavy (non-hydrogen) atoms. The third kappa shape index (κ3) is 3.43. The smallest absolute Gasteiger partial charge is 0.417 e. The highest BCUT2D eigenvalue weighted by molar-refractivity contribution is 5.85. The quantitative estimate of drug-likeness (QED) is 0.673. The van der Waals surface area contributed by atoms with Gasteiger partial charge >= 0.3 is 11.8 Å². The van der Waals surface area contributed by atoms with Gasteiger partial charge in [0.1, 0.15) is 5.58 Å². The van der Waals surface area contributed by atoms with Crippen molar-refractivity contribution in [3.8, 4) is 0 Å². The van der Waals surface area contributed by atoms with Crippen LogP contribution >= 0.6 is 0 Å². The Morgan fingerprint density at radius 2 is 1.95 bits per heavy atom. The highest BCUT2D eigenvalue weighted by atomic mass is 19.4. The summed E-state index contributed by atoms with van der Waals surface area (Å²) in [5.74, 6) is 0.464. The Morgan fingerprint density at radius 3 is 2.55 bits per heavy atom. The van der Waals surface area contributed by atoms with Crippen molar-refractivity contribution >= 4 is 16.7 Å². The maximum absolute atomic E-state index is 13.1. The monoisotopic (exact) mass is 313 g/mol. The van der Waals surface area contributed by atoms with Crippen molar-refractivity contribution in [2.75, 3.05) is 5.73 Å². The van der Waals surface area contributed by atoms with Crippen LogP contribution < -0.4 is 11.4 Å². The summed E-state index contributed by atoms with van der Waals surface area (Å²) < 4.78 is 44.1. The van der Waals surface area contributed by atoms with Crippen LogP contribution in [0.4, 0.5) is 18.9 Å². The second-order valence-corrected chi connectivity index (χ2v) is 5.58. The molecule has 0 spiro atoms. The van der Waals surface area contributed by atoms with E-state index in [1.165, 1.54) is 12.1 Å². The van der Waals surface area contributed by atoms with Crippen LogP contribution in [0.5, 0.6) is 0 Å². The normalized spacial score (nSPS) is 13.5. The van der Waals surface area contributed by atoms with Gasteiger partial charge < -0.3 is 10.2 Å². The average molecular weight is 313 g/mol. The second kappa shape index (κ2) is 6.02. The first-order chi connectivity index (χ1) is 10.2. The molecule has 1 unspecified atom stereocenters. The zero-order chi connectivity index (χ0) is 16.5. The lowest BCUT2D eigenvalue weighted by molar-refractivity contribution is -0.136. The lowest BCUT2D eigenvalue weighted by Crippen LogP contribution is -2.11. The van der Waals surface area contributed by atoms with Crippen molar-refractivity contribution in [1.29, 1.82) is 0 Å². The molecule has 0 radical (unpaired) electrons. The summed E-state index contributed by atoms with van der Waals surface area (Å²) >= 11 is 0. The average Bonchev–Trinajstić information content (AvgIpc) is 2.42. The van der Waals surface area contributed by atoms with Gasteiger partial charge in [-0.1, -0.05) is 20.3 Å². The lowest BCUT2D eigenvalue weighted by Gasteiger charge is -2.13. The largest absolute Gasteiger partial charge is 0.423 e. The Balaban J connectivity index is 2.55. The molecule has 0 amide bonds. The third-order valence-electron chi connectivity index (χ3n) is 3.91. The zero-order valence-electron chi connectivity index (χ0n) is 12.5. The summed E-state index contributed by atoms with van der Waals surface area (Å²) in [6.07, 6.45) is -2.19. The van der Waals surface area contributed by atoms with E-state index in [2.05, 4.69) is 13.8 Å². The van der Waals surface area contributed by atoms with Crippen LogP contribution in [0.25, 0.3) is 11.0 Å². The predicted octanol–water partition coefficient (Wildman–Crippen LogP) is 4.37. The van der Waals surface area contributed by atoms with E-state index in [1.54, 1.807) is 0 Å². The summed E-state index contributed by atoms with van der Waals surface area (Å²) in [5.41, 5.74) is 4.72. The van der Waals surface area contributed by atoms with Gasteiger partial charge in [-0.05, 0) is 30.4 Å². The number of hydrogen-bond donors (Lipinski definition) is 1. The molecule has 1 aromatic carbocycles. The molecule has 0 saturated carbocycles. The molecule has 3 nitrogen and oxygen atoms in total. The van der Waals surface area contributed by atoms with Gasteiger partial charge in [-0.25, -0.2) is 4.79 Å². The SMILES string of the molecule is CCC(C)CCc1cc2c(C(F)(F)F)cc(=O)oc2cc1N. The fraction of sp³-hybridized carbons (Fsp3) is 0.438. The Hall–Kier alpha value is -1.98. The number of anilines is 1. The number of nitrogen functional groups attached to an aromatic ring is 1. The molecule has 0 aliphatic heterocycles. The minimum atomic E-state index is -4.61. The number of hydrogen-bond acceptors (Lipinski definition) is 3. The molecule has 2 N–H and O–H groups in total. The minimum Gasteiger partial charge on any atom is -0.423 e. The van der Waals surface area contributed by atoms with E-state index >= 15 is 0 Å². The molecule has 6 heteroatoms. The Labute approximate surface area is 125 Å². The first-order valence-electron chi connectivity index (χ1n) is 7.15. The zero-order valence-corrected chi connectivity index (χ0v) is 12.5. The molecule has 120 valence electrons. The molecule has 0 saturated heterocycles. The van der Waals surface area contributed by atoms with E-state index in [4.69, 9.17) is 10.2 Å².